The molecule has 0 spiro atoms. The molecule has 0 bridgehead atoms. The number of ether oxygens (including phenoxy) is 1. The zero-order chi connectivity index (χ0) is 21.5. The minimum atomic E-state index is -0.750. The number of aliphatic hydroxyl groups is 1. The minimum Gasteiger partial charge on any atom is -0.490 e. The fraction of sp³-hybridized carbons (Fsp3) is 0.200. The first-order valence-corrected chi connectivity index (χ1v) is 10.1. The fourth-order valence-electron chi connectivity index (χ4n) is 3.20. The maximum atomic E-state index is 12.8. The standard InChI is InChI=1S/C25H23ClO4/c1-17(27)23-15-20(26)12-14-24(23)30-16-21(28)13-11-18-7-5-6-10-22(18)25(29)19-8-3-2-4-9-19/h2-10,12,14-15,21,28H,11,13,16H2,1H3. The van der Waals surface area contributed by atoms with E-state index in [0.717, 1.165) is 5.56 Å². The third-order valence-electron chi connectivity index (χ3n) is 4.80. The van der Waals surface area contributed by atoms with Crippen molar-refractivity contribution >= 4 is 23.2 Å². The second-order valence-electron chi connectivity index (χ2n) is 7.05. The number of hydrogen-bond donors (Lipinski definition) is 1. The van der Waals surface area contributed by atoms with Crippen LogP contribution in [0.5, 0.6) is 5.75 Å². The van der Waals surface area contributed by atoms with Crippen LogP contribution in [0.25, 0.3) is 0 Å². The Morgan fingerprint density at radius 3 is 2.40 bits per heavy atom. The van der Waals surface area contributed by atoms with E-state index in [1.165, 1.54) is 6.92 Å². The molecule has 3 rings (SSSR count). The molecule has 0 aliphatic heterocycles. The molecule has 1 N–H and O–H groups in total. The topological polar surface area (TPSA) is 63.6 Å². The summed E-state index contributed by atoms with van der Waals surface area (Å²) in [5.74, 6) is 0.199. The molecule has 0 radical (unpaired) electrons. The van der Waals surface area contributed by atoms with Crippen molar-refractivity contribution in [3.8, 4) is 5.75 Å². The summed E-state index contributed by atoms with van der Waals surface area (Å²) in [6.07, 6.45) is 0.196. The number of aryl methyl sites for hydroxylation is 1. The highest BCUT2D eigenvalue weighted by Crippen LogP contribution is 2.24. The van der Waals surface area contributed by atoms with Gasteiger partial charge >= 0.3 is 0 Å². The number of aliphatic hydroxyl groups excluding tert-OH is 1. The molecule has 0 aliphatic rings. The number of rotatable bonds is 9. The summed E-state index contributed by atoms with van der Waals surface area (Å²) < 4.78 is 5.65. The van der Waals surface area contributed by atoms with Gasteiger partial charge in [-0.25, -0.2) is 0 Å². The summed E-state index contributed by atoms with van der Waals surface area (Å²) in [7, 11) is 0. The van der Waals surface area contributed by atoms with Crippen LogP contribution in [-0.2, 0) is 6.42 Å². The lowest BCUT2D eigenvalue weighted by Crippen LogP contribution is -2.19. The normalized spacial score (nSPS) is 11.7. The Morgan fingerprint density at radius 1 is 0.967 bits per heavy atom. The molecule has 5 heteroatoms. The summed E-state index contributed by atoms with van der Waals surface area (Å²) in [4.78, 5) is 24.6. The maximum Gasteiger partial charge on any atom is 0.193 e. The SMILES string of the molecule is CC(=O)c1cc(Cl)ccc1OCC(O)CCc1ccccc1C(=O)c1ccccc1. The molecule has 0 saturated heterocycles. The van der Waals surface area contributed by atoms with Gasteiger partial charge in [-0.2, -0.15) is 0 Å². The van der Waals surface area contributed by atoms with Gasteiger partial charge in [-0.3, -0.25) is 9.59 Å². The molecular formula is C25H23ClO4. The number of halogens is 1. The number of ketones is 2. The van der Waals surface area contributed by atoms with Crippen LogP contribution in [0, 0.1) is 0 Å². The summed E-state index contributed by atoms with van der Waals surface area (Å²) in [5.41, 5.74) is 2.52. The Labute approximate surface area is 181 Å². The van der Waals surface area contributed by atoms with Crippen LogP contribution in [0.15, 0.2) is 72.8 Å². The average Bonchev–Trinajstić information content (AvgIpc) is 2.77. The van der Waals surface area contributed by atoms with Crippen molar-refractivity contribution in [2.75, 3.05) is 6.61 Å². The van der Waals surface area contributed by atoms with E-state index in [9.17, 15) is 14.7 Å². The van der Waals surface area contributed by atoms with Gasteiger partial charge in [-0.05, 0) is 43.5 Å². The lowest BCUT2D eigenvalue weighted by atomic mass is 9.95. The Bertz CT molecular complexity index is 1030. The van der Waals surface area contributed by atoms with Gasteiger partial charge in [0.25, 0.3) is 0 Å². The highest BCUT2D eigenvalue weighted by Gasteiger charge is 2.15. The molecule has 0 saturated carbocycles. The van der Waals surface area contributed by atoms with Crippen molar-refractivity contribution in [2.24, 2.45) is 0 Å². The first-order valence-electron chi connectivity index (χ1n) is 9.74. The molecule has 30 heavy (non-hydrogen) atoms. The van der Waals surface area contributed by atoms with Crippen LogP contribution >= 0.6 is 11.6 Å². The largest absolute Gasteiger partial charge is 0.490 e. The highest BCUT2D eigenvalue weighted by atomic mass is 35.5. The third kappa shape index (κ3) is 5.56. The van der Waals surface area contributed by atoms with E-state index < -0.39 is 6.10 Å². The number of Topliss-reactive ketones (excluding diaryl/α,β-unsaturated/α-hetero) is 1. The monoisotopic (exact) mass is 422 g/mol. The molecule has 0 aromatic heterocycles. The molecule has 4 nitrogen and oxygen atoms in total. The third-order valence-corrected chi connectivity index (χ3v) is 5.03. The van der Waals surface area contributed by atoms with Crippen LogP contribution in [0.3, 0.4) is 0 Å². The molecular weight excluding hydrogens is 400 g/mol. The van der Waals surface area contributed by atoms with E-state index in [1.807, 2.05) is 36.4 Å². The predicted octanol–water partition coefficient (Wildman–Crippen LogP) is 5.15. The van der Waals surface area contributed by atoms with Gasteiger partial charge in [-0.1, -0.05) is 66.2 Å². The lowest BCUT2D eigenvalue weighted by Gasteiger charge is -2.15. The summed E-state index contributed by atoms with van der Waals surface area (Å²) in [5, 5.41) is 10.8. The first kappa shape index (κ1) is 21.8. The average molecular weight is 423 g/mol. The smallest absolute Gasteiger partial charge is 0.193 e. The van der Waals surface area contributed by atoms with E-state index in [0.29, 0.717) is 40.3 Å². The van der Waals surface area contributed by atoms with Gasteiger partial charge < -0.3 is 9.84 Å². The molecule has 3 aromatic carbocycles. The van der Waals surface area contributed by atoms with Crippen molar-refractivity contribution in [2.45, 2.75) is 25.9 Å². The van der Waals surface area contributed by atoms with Crippen molar-refractivity contribution in [3.05, 3.63) is 100 Å². The molecule has 1 atom stereocenters. The van der Waals surface area contributed by atoms with Crippen molar-refractivity contribution in [1.29, 1.82) is 0 Å². The fourth-order valence-corrected chi connectivity index (χ4v) is 3.37. The second-order valence-corrected chi connectivity index (χ2v) is 7.49. The van der Waals surface area contributed by atoms with Gasteiger partial charge in [0.05, 0.1) is 11.7 Å². The number of benzene rings is 3. The maximum absolute atomic E-state index is 12.8. The first-order chi connectivity index (χ1) is 14.5. The van der Waals surface area contributed by atoms with Gasteiger partial charge in [0.2, 0.25) is 0 Å². The van der Waals surface area contributed by atoms with E-state index in [-0.39, 0.29) is 18.2 Å². The van der Waals surface area contributed by atoms with E-state index in [1.54, 1.807) is 36.4 Å². The quantitative estimate of drug-likeness (QED) is 0.484. The van der Waals surface area contributed by atoms with Crippen molar-refractivity contribution in [3.63, 3.8) is 0 Å². The Balaban J connectivity index is 1.63. The van der Waals surface area contributed by atoms with Crippen LogP contribution in [0.2, 0.25) is 5.02 Å². The van der Waals surface area contributed by atoms with E-state index in [2.05, 4.69) is 0 Å². The van der Waals surface area contributed by atoms with Gasteiger partial charge in [0, 0.05) is 16.1 Å². The van der Waals surface area contributed by atoms with E-state index >= 15 is 0 Å². The van der Waals surface area contributed by atoms with Crippen LogP contribution in [0.1, 0.15) is 45.2 Å². The zero-order valence-corrected chi connectivity index (χ0v) is 17.4. The summed E-state index contributed by atoms with van der Waals surface area (Å²) in [6.45, 7) is 1.48. The minimum absolute atomic E-state index is 0.0378. The van der Waals surface area contributed by atoms with Crippen LogP contribution in [-0.4, -0.2) is 29.4 Å². The Hall–Kier alpha value is -2.95. The van der Waals surface area contributed by atoms with Crippen molar-refractivity contribution in [1.82, 2.24) is 0 Å². The zero-order valence-electron chi connectivity index (χ0n) is 16.7. The Kier molecular flexibility index (Phi) is 7.39. The second kappa shape index (κ2) is 10.2. The molecule has 0 heterocycles. The molecule has 1 unspecified atom stereocenters. The van der Waals surface area contributed by atoms with Crippen LogP contribution < -0.4 is 4.74 Å². The highest BCUT2D eigenvalue weighted by molar-refractivity contribution is 6.31. The molecule has 154 valence electrons. The lowest BCUT2D eigenvalue weighted by molar-refractivity contribution is 0.0948. The predicted molar refractivity (Wildman–Crippen MR) is 118 cm³/mol. The molecule has 3 aromatic rings. The van der Waals surface area contributed by atoms with Crippen molar-refractivity contribution < 1.29 is 19.4 Å². The van der Waals surface area contributed by atoms with Gasteiger partial charge in [-0.15, -0.1) is 0 Å². The molecule has 0 amide bonds. The van der Waals surface area contributed by atoms with E-state index in [4.69, 9.17) is 16.3 Å². The number of carbonyl (C=O) groups excluding carboxylic acids is 2. The molecule has 0 aliphatic carbocycles. The molecule has 0 fully saturated rings. The summed E-state index contributed by atoms with van der Waals surface area (Å²) in [6, 6.07) is 21.4. The van der Waals surface area contributed by atoms with Crippen LogP contribution in [0.4, 0.5) is 0 Å². The number of hydrogen-bond acceptors (Lipinski definition) is 4. The Morgan fingerprint density at radius 2 is 1.67 bits per heavy atom. The van der Waals surface area contributed by atoms with Gasteiger partial charge in [0.15, 0.2) is 11.6 Å². The summed E-state index contributed by atoms with van der Waals surface area (Å²) >= 11 is 5.94. The number of carbonyl (C=O) groups is 2. The van der Waals surface area contributed by atoms with Gasteiger partial charge in [0.1, 0.15) is 12.4 Å².